The molecule has 0 saturated heterocycles. The van der Waals surface area contributed by atoms with E-state index < -0.39 is 30.5 Å². The second-order valence-corrected chi connectivity index (χ2v) is 5.70. The van der Waals surface area contributed by atoms with Crippen LogP contribution in [0, 0.1) is 0 Å². The van der Waals surface area contributed by atoms with E-state index in [0.29, 0.717) is 5.56 Å². The fraction of sp³-hybridized carbons (Fsp3) is 0.333. The van der Waals surface area contributed by atoms with E-state index in [4.69, 9.17) is 4.74 Å². The lowest BCUT2D eigenvalue weighted by Gasteiger charge is -2.30. The zero-order valence-corrected chi connectivity index (χ0v) is 13.5. The lowest BCUT2D eigenvalue weighted by Crippen LogP contribution is -2.52. The Balaban J connectivity index is 2.32. The van der Waals surface area contributed by atoms with Crippen molar-refractivity contribution in [1.82, 2.24) is 0 Å². The molecular weight excluding hydrogens is 365 g/mol. The van der Waals surface area contributed by atoms with Crippen molar-refractivity contribution in [2.24, 2.45) is 0 Å². The Hall–Kier alpha value is -2.09. The number of hydrogen-bond acceptors (Lipinski definition) is 1. The van der Waals surface area contributed by atoms with E-state index in [9.17, 15) is 30.7 Å². The van der Waals surface area contributed by atoms with E-state index in [-0.39, 0.29) is 5.56 Å². The van der Waals surface area contributed by atoms with Gasteiger partial charge in [-0.15, -0.1) is 0 Å². The highest BCUT2D eigenvalue weighted by Crippen LogP contribution is 2.50. The van der Waals surface area contributed by atoms with Crippen LogP contribution in [0.4, 0.5) is 30.7 Å². The smallest absolute Gasteiger partial charge is 0.377 e. The van der Waals surface area contributed by atoms with Crippen LogP contribution in [0.25, 0.3) is 11.1 Å². The molecule has 26 heavy (non-hydrogen) atoms. The van der Waals surface area contributed by atoms with Crippen molar-refractivity contribution in [1.29, 1.82) is 0 Å². The minimum Gasteiger partial charge on any atom is -0.377 e. The van der Waals surface area contributed by atoms with Crippen LogP contribution in [0.5, 0.6) is 0 Å². The third-order valence-corrected chi connectivity index (χ3v) is 3.91. The topological polar surface area (TPSA) is 9.23 Å². The molecule has 142 valence electrons. The van der Waals surface area contributed by atoms with Gasteiger partial charge in [-0.05, 0) is 22.8 Å². The van der Waals surface area contributed by atoms with Crippen LogP contribution < -0.4 is 0 Å². The first-order valence-corrected chi connectivity index (χ1v) is 7.50. The Morgan fingerprint density at radius 1 is 0.808 bits per heavy atom. The highest BCUT2D eigenvalue weighted by atomic mass is 19.4. The fourth-order valence-corrected chi connectivity index (χ4v) is 2.45. The average molecular weight is 380 g/mol. The van der Waals surface area contributed by atoms with Crippen molar-refractivity contribution in [2.75, 3.05) is 7.11 Å². The molecule has 2 aromatic carbocycles. The molecule has 0 aliphatic carbocycles. The van der Waals surface area contributed by atoms with Crippen LogP contribution in [-0.2, 0) is 4.74 Å². The SMILES string of the molecule is COC(CC(F)(F)C(F)(F)C(F)(F)F)c1cccc(-c2ccccc2)c1. The van der Waals surface area contributed by atoms with Gasteiger partial charge in [0.15, 0.2) is 0 Å². The lowest BCUT2D eigenvalue weighted by molar-refractivity contribution is -0.358. The van der Waals surface area contributed by atoms with Crippen LogP contribution in [0.15, 0.2) is 54.6 Å². The molecule has 0 aliphatic rings. The summed E-state index contributed by atoms with van der Waals surface area (Å²) in [5.41, 5.74) is 1.40. The summed E-state index contributed by atoms with van der Waals surface area (Å²) in [5.74, 6) is -11.5. The zero-order chi connectivity index (χ0) is 19.6. The molecule has 1 atom stereocenters. The van der Waals surface area contributed by atoms with Crippen LogP contribution in [0.2, 0.25) is 0 Å². The third kappa shape index (κ3) is 4.00. The molecule has 1 unspecified atom stereocenters. The largest absolute Gasteiger partial charge is 0.459 e. The molecule has 8 heteroatoms. The molecule has 0 saturated carbocycles. The number of methoxy groups -OCH3 is 1. The van der Waals surface area contributed by atoms with Gasteiger partial charge in [0.1, 0.15) is 0 Å². The Morgan fingerprint density at radius 2 is 1.38 bits per heavy atom. The Bertz CT molecular complexity index is 726. The summed E-state index contributed by atoms with van der Waals surface area (Å²) in [6.45, 7) is 0. The lowest BCUT2D eigenvalue weighted by atomic mass is 9.95. The molecule has 0 radical (unpaired) electrons. The van der Waals surface area contributed by atoms with Crippen molar-refractivity contribution in [3.8, 4) is 11.1 Å². The number of ether oxygens (including phenoxy) is 1. The molecule has 1 nitrogen and oxygen atoms in total. The van der Waals surface area contributed by atoms with Crippen molar-refractivity contribution in [3.63, 3.8) is 0 Å². The Morgan fingerprint density at radius 3 is 1.92 bits per heavy atom. The van der Waals surface area contributed by atoms with E-state index in [2.05, 4.69) is 0 Å². The molecule has 0 aromatic heterocycles. The summed E-state index contributed by atoms with van der Waals surface area (Å²) in [5, 5.41) is 0. The summed E-state index contributed by atoms with van der Waals surface area (Å²) in [7, 11) is 0.974. The maximum atomic E-state index is 13.7. The minimum absolute atomic E-state index is 0.0755. The second kappa shape index (κ2) is 7.26. The first-order valence-electron chi connectivity index (χ1n) is 7.50. The van der Waals surface area contributed by atoms with E-state index in [0.717, 1.165) is 12.7 Å². The van der Waals surface area contributed by atoms with Gasteiger partial charge in [0.25, 0.3) is 0 Å². The average Bonchev–Trinajstić information content (AvgIpc) is 2.59. The summed E-state index contributed by atoms with van der Waals surface area (Å²) >= 11 is 0. The molecule has 0 bridgehead atoms. The Labute approximate surface area is 145 Å². The molecule has 2 aromatic rings. The van der Waals surface area contributed by atoms with Crippen LogP contribution in [-0.4, -0.2) is 25.1 Å². The van der Waals surface area contributed by atoms with Gasteiger partial charge in [-0.2, -0.15) is 30.7 Å². The summed E-state index contributed by atoms with van der Waals surface area (Å²) in [6.07, 6.45) is -9.81. The standard InChI is InChI=1S/C18H15F7O/c1-26-15(11-16(19,20)17(21,22)18(23,24)25)14-9-5-8-13(10-14)12-6-3-2-4-7-12/h2-10,15H,11H2,1H3. The summed E-state index contributed by atoms with van der Waals surface area (Å²) in [4.78, 5) is 0. The predicted octanol–water partition coefficient (Wildman–Crippen LogP) is 6.26. The molecule has 0 heterocycles. The second-order valence-electron chi connectivity index (χ2n) is 5.70. The van der Waals surface area contributed by atoms with Crippen molar-refractivity contribution >= 4 is 0 Å². The highest BCUT2D eigenvalue weighted by Gasteiger charge is 2.73. The first kappa shape index (κ1) is 20.2. The monoisotopic (exact) mass is 380 g/mol. The van der Waals surface area contributed by atoms with Crippen molar-refractivity contribution in [3.05, 3.63) is 60.2 Å². The van der Waals surface area contributed by atoms with Gasteiger partial charge in [-0.3, -0.25) is 0 Å². The van der Waals surface area contributed by atoms with E-state index in [1.807, 2.05) is 0 Å². The number of benzene rings is 2. The third-order valence-electron chi connectivity index (χ3n) is 3.91. The van der Waals surface area contributed by atoms with Gasteiger partial charge in [0.05, 0.1) is 6.10 Å². The van der Waals surface area contributed by atoms with E-state index >= 15 is 0 Å². The van der Waals surface area contributed by atoms with Gasteiger partial charge in [0, 0.05) is 13.5 Å². The number of alkyl halides is 7. The minimum atomic E-state index is -6.36. The number of rotatable bonds is 6. The normalized spacial score (nSPS) is 14.3. The molecular formula is C18H15F7O. The van der Waals surface area contributed by atoms with E-state index in [1.54, 1.807) is 36.4 Å². The molecule has 0 spiro atoms. The summed E-state index contributed by atoms with van der Waals surface area (Å²) in [6, 6.07) is 14.7. The highest BCUT2D eigenvalue weighted by molar-refractivity contribution is 5.64. The number of halogens is 7. The van der Waals surface area contributed by atoms with Gasteiger partial charge in [0.2, 0.25) is 0 Å². The number of hydrogen-bond donors (Lipinski definition) is 0. The fourth-order valence-electron chi connectivity index (χ4n) is 2.45. The summed E-state index contributed by atoms with van der Waals surface area (Å²) < 4.78 is 95.3. The van der Waals surface area contributed by atoms with Crippen LogP contribution in [0.1, 0.15) is 18.1 Å². The van der Waals surface area contributed by atoms with Gasteiger partial charge >= 0.3 is 18.0 Å². The molecule has 0 amide bonds. The maximum absolute atomic E-state index is 13.7. The molecule has 0 fully saturated rings. The van der Waals surface area contributed by atoms with Gasteiger partial charge < -0.3 is 4.74 Å². The van der Waals surface area contributed by atoms with Gasteiger partial charge in [-0.1, -0.05) is 48.5 Å². The van der Waals surface area contributed by atoms with Gasteiger partial charge in [-0.25, -0.2) is 0 Å². The molecule has 0 aliphatic heterocycles. The molecule has 2 rings (SSSR count). The van der Waals surface area contributed by atoms with Crippen LogP contribution >= 0.6 is 0 Å². The quantitative estimate of drug-likeness (QED) is 0.537. The maximum Gasteiger partial charge on any atom is 0.459 e. The van der Waals surface area contributed by atoms with E-state index in [1.165, 1.54) is 18.2 Å². The first-order chi connectivity index (χ1) is 12.0. The molecule has 0 N–H and O–H groups in total. The van der Waals surface area contributed by atoms with Crippen molar-refractivity contribution < 1.29 is 35.5 Å². The Kier molecular flexibility index (Phi) is 5.65. The predicted molar refractivity (Wildman–Crippen MR) is 82.2 cm³/mol. The van der Waals surface area contributed by atoms with Crippen LogP contribution in [0.3, 0.4) is 0 Å². The zero-order valence-electron chi connectivity index (χ0n) is 13.5. The van der Waals surface area contributed by atoms with Crippen molar-refractivity contribution in [2.45, 2.75) is 30.5 Å².